The molecule has 0 heterocycles. The molecule has 0 saturated carbocycles. The lowest BCUT2D eigenvalue weighted by Crippen LogP contribution is -2.13. The Morgan fingerprint density at radius 1 is 0.941 bits per heavy atom. The third-order valence-corrected chi connectivity index (χ3v) is 3.07. The summed E-state index contributed by atoms with van der Waals surface area (Å²) in [4.78, 5) is 22.1. The van der Waals surface area contributed by atoms with Gasteiger partial charge in [-0.15, -0.1) is 0 Å². The van der Waals surface area contributed by atoms with Gasteiger partial charge < -0.3 is 9.47 Å². The Hall–Kier alpha value is -1.06. The van der Waals surface area contributed by atoms with Crippen LogP contribution in [-0.4, -0.2) is 26.2 Å². The van der Waals surface area contributed by atoms with E-state index in [9.17, 15) is 9.59 Å². The van der Waals surface area contributed by atoms with Crippen LogP contribution in [0.2, 0.25) is 0 Å². The van der Waals surface area contributed by atoms with E-state index in [0.717, 1.165) is 19.3 Å². The highest BCUT2D eigenvalue weighted by molar-refractivity contribution is 5.69. The average Bonchev–Trinajstić information content (AvgIpc) is 2.31. The molecule has 0 spiro atoms. The number of methoxy groups -OCH3 is 2. The second kappa shape index (κ2) is 9.02. The van der Waals surface area contributed by atoms with Crippen LogP contribution >= 0.6 is 0 Å². The molecule has 0 amide bonds. The van der Waals surface area contributed by atoms with E-state index in [0.29, 0.717) is 24.7 Å². The van der Waals surface area contributed by atoms with Crippen LogP contribution in [0.3, 0.4) is 0 Å². The molecule has 4 nitrogen and oxygen atoms in total. The fourth-order valence-corrected chi connectivity index (χ4v) is 1.83. The predicted octanol–water partition coefficient (Wildman–Crippen LogP) is 2.56. The highest BCUT2D eigenvalue weighted by Crippen LogP contribution is 2.23. The zero-order chi connectivity index (χ0) is 13.3. The number of esters is 2. The van der Waals surface area contributed by atoms with E-state index in [1.807, 2.05) is 0 Å². The van der Waals surface area contributed by atoms with Crippen LogP contribution in [0, 0.1) is 11.8 Å². The molecule has 0 aromatic carbocycles. The minimum Gasteiger partial charge on any atom is -0.469 e. The van der Waals surface area contributed by atoms with Crippen LogP contribution in [-0.2, 0) is 19.1 Å². The average molecular weight is 244 g/mol. The zero-order valence-corrected chi connectivity index (χ0v) is 11.3. The number of ether oxygens (including phenoxy) is 2. The Balaban J connectivity index is 3.90. The number of carbonyl (C=O) groups excluding carboxylic acids is 2. The van der Waals surface area contributed by atoms with Crippen molar-refractivity contribution >= 4 is 11.9 Å². The second-order valence-corrected chi connectivity index (χ2v) is 4.59. The van der Waals surface area contributed by atoms with Crippen molar-refractivity contribution in [1.82, 2.24) is 0 Å². The van der Waals surface area contributed by atoms with Crippen molar-refractivity contribution in [2.45, 2.75) is 46.0 Å². The zero-order valence-electron chi connectivity index (χ0n) is 11.3. The summed E-state index contributed by atoms with van der Waals surface area (Å²) in [6, 6.07) is 0. The van der Waals surface area contributed by atoms with Gasteiger partial charge in [0.05, 0.1) is 14.2 Å². The van der Waals surface area contributed by atoms with Crippen molar-refractivity contribution < 1.29 is 19.1 Å². The van der Waals surface area contributed by atoms with Crippen molar-refractivity contribution in [3.63, 3.8) is 0 Å². The van der Waals surface area contributed by atoms with Crippen LogP contribution in [0.15, 0.2) is 0 Å². The smallest absolute Gasteiger partial charge is 0.305 e. The first-order valence-corrected chi connectivity index (χ1v) is 6.14. The molecule has 0 aliphatic heterocycles. The van der Waals surface area contributed by atoms with Gasteiger partial charge in [-0.3, -0.25) is 9.59 Å². The van der Waals surface area contributed by atoms with E-state index in [4.69, 9.17) is 0 Å². The molecule has 1 atom stereocenters. The van der Waals surface area contributed by atoms with Crippen LogP contribution < -0.4 is 0 Å². The quantitative estimate of drug-likeness (QED) is 0.616. The number of carbonyl (C=O) groups is 2. The van der Waals surface area contributed by atoms with Gasteiger partial charge in [0.25, 0.3) is 0 Å². The maximum absolute atomic E-state index is 11.1. The minimum atomic E-state index is -0.166. The minimum absolute atomic E-state index is 0.163. The summed E-state index contributed by atoms with van der Waals surface area (Å²) >= 11 is 0. The molecule has 0 fully saturated rings. The summed E-state index contributed by atoms with van der Waals surface area (Å²) in [5, 5.41) is 0. The van der Waals surface area contributed by atoms with Crippen molar-refractivity contribution in [3.05, 3.63) is 0 Å². The SMILES string of the molecule is COC(=O)CCCC(CCC(=O)OC)C(C)C. The molecule has 100 valence electrons. The summed E-state index contributed by atoms with van der Waals surface area (Å²) in [5.74, 6) is 0.639. The Kier molecular flexibility index (Phi) is 8.46. The van der Waals surface area contributed by atoms with Crippen molar-refractivity contribution in [3.8, 4) is 0 Å². The van der Waals surface area contributed by atoms with Crippen LogP contribution in [0.4, 0.5) is 0 Å². The summed E-state index contributed by atoms with van der Waals surface area (Å²) in [6.07, 6.45) is 3.50. The van der Waals surface area contributed by atoms with Gasteiger partial charge in [-0.1, -0.05) is 13.8 Å². The van der Waals surface area contributed by atoms with Gasteiger partial charge in [-0.2, -0.15) is 0 Å². The maximum Gasteiger partial charge on any atom is 0.305 e. The van der Waals surface area contributed by atoms with Gasteiger partial charge in [-0.05, 0) is 31.1 Å². The molecule has 0 rings (SSSR count). The van der Waals surface area contributed by atoms with E-state index < -0.39 is 0 Å². The molecule has 0 saturated heterocycles. The highest BCUT2D eigenvalue weighted by atomic mass is 16.5. The third kappa shape index (κ3) is 7.77. The van der Waals surface area contributed by atoms with Crippen molar-refractivity contribution in [2.75, 3.05) is 14.2 Å². The van der Waals surface area contributed by atoms with Gasteiger partial charge in [-0.25, -0.2) is 0 Å². The molecule has 0 aromatic heterocycles. The van der Waals surface area contributed by atoms with E-state index >= 15 is 0 Å². The van der Waals surface area contributed by atoms with Crippen molar-refractivity contribution in [2.24, 2.45) is 11.8 Å². The van der Waals surface area contributed by atoms with Gasteiger partial charge in [0.2, 0.25) is 0 Å². The van der Waals surface area contributed by atoms with Crippen LogP contribution in [0.1, 0.15) is 46.0 Å². The molecule has 0 bridgehead atoms. The molecule has 17 heavy (non-hydrogen) atoms. The fraction of sp³-hybridized carbons (Fsp3) is 0.846. The Bertz CT molecular complexity index is 236. The lowest BCUT2D eigenvalue weighted by Gasteiger charge is -2.19. The fourth-order valence-electron chi connectivity index (χ4n) is 1.83. The molecule has 0 radical (unpaired) electrons. The number of rotatable bonds is 8. The normalized spacial score (nSPS) is 12.3. The van der Waals surface area contributed by atoms with Gasteiger partial charge >= 0.3 is 11.9 Å². The Morgan fingerprint density at radius 3 is 1.94 bits per heavy atom. The van der Waals surface area contributed by atoms with Gasteiger partial charge in [0.1, 0.15) is 0 Å². The topological polar surface area (TPSA) is 52.6 Å². The summed E-state index contributed by atoms with van der Waals surface area (Å²) in [5.41, 5.74) is 0. The van der Waals surface area contributed by atoms with Gasteiger partial charge in [0.15, 0.2) is 0 Å². The summed E-state index contributed by atoms with van der Waals surface area (Å²) in [7, 11) is 2.81. The number of hydrogen-bond donors (Lipinski definition) is 0. The number of hydrogen-bond acceptors (Lipinski definition) is 4. The summed E-state index contributed by atoms with van der Waals surface area (Å²) < 4.78 is 9.22. The second-order valence-electron chi connectivity index (χ2n) is 4.59. The molecule has 4 heteroatoms. The molecule has 0 aliphatic carbocycles. The van der Waals surface area contributed by atoms with E-state index in [2.05, 4.69) is 23.3 Å². The van der Waals surface area contributed by atoms with Crippen molar-refractivity contribution in [1.29, 1.82) is 0 Å². The van der Waals surface area contributed by atoms with Crippen LogP contribution in [0.25, 0.3) is 0 Å². The first-order valence-electron chi connectivity index (χ1n) is 6.14. The highest BCUT2D eigenvalue weighted by Gasteiger charge is 2.15. The predicted molar refractivity (Wildman–Crippen MR) is 65.4 cm³/mol. The van der Waals surface area contributed by atoms with E-state index in [1.165, 1.54) is 14.2 Å². The molecule has 0 aliphatic rings. The molecule has 0 aromatic rings. The van der Waals surface area contributed by atoms with Gasteiger partial charge in [0, 0.05) is 12.8 Å². The molecular weight excluding hydrogens is 220 g/mol. The Labute approximate surface area is 104 Å². The molecular formula is C13H24O4. The first-order chi connectivity index (χ1) is 8.01. The largest absolute Gasteiger partial charge is 0.469 e. The Morgan fingerprint density at radius 2 is 1.47 bits per heavy atom. The summed E-state index contributed by atoms with van der Waals surface area (Å²) in [6.45, 7) is 4.28. The van der Waals surface area contributed by atoms with Crippen LogP contribution in [0.5, 0.6) is 0 Å². The third-order valence-electron chi connectivity index (χ3n) is 3.07. The lowest BCUT2D eigenvalue weighted by molar-refractivity contribution is -0.142. The lowest BCUT2D eigenvalue weighted by atomic mass is 9.87. The molecule has 0 N–H and O–H groups in total. The maximum atomic E-state index is 11.1. The standard InChI is InChI=1S/C13H24O4/c1-10(2)11(8-9-13(15)17-4)6-5-7-12(14)16-3/h10-11H,5-9H2,1-4H3. The first kappa shape index (κ1) is 15.9. The van der Waals surface area contributed by atoms with E-state index in [-0.39, 0.29) is 11.9 Å². The monoisotopic (exact) mass is 244 g/mol. The molecule has 1 unspecified atom stereocenters. The van der Waals surface area contributed by atoms with E-state index in [1.54, 1.807) is 0 Å².